The zero-order valence-electron chi connectivity index (χ0n) is 18.4. The molecule has 1 aromatic carbocycles. The van der Waals surface area contributed by atoms with E-state index in [1.54, 1.807) is 20.0 Å². The molecule has 0 bridgehead atoms. The number of anilines is 2. The normalized spacial score (nSPS) is 22.2. The molecule has 1 unspecified atom stereocenters. The highest BCUT2D eigenvalue weighted by Crippen LogP contribution is 2.47. The van der Waals surface area contributed by atoms with E-state index in [1.165, 1.54) is 23.8 Å². The Morgan fingerprint density at radius 2 is 1.81 bits per heavy atom. The zero-order valence-corrected chi connectivity index (χ0v) is 18.4. The van der Waals surface area contributed by atoms with Gasteiger partial charge in [0.2, 0.25) is 0 Å². The van der Waals surface area contributed by atoms with Crippen molar-refractivity contribution in [1.29, 1.82) is 0 Å². The van der Waals surface area contributed by atoms with Crippen molar-refractivity contribution in [2.24, 2.45) is 0 Å². The molecule has 0 amide bonds. The predicted octanol–water partition coefficient (Wildman–Crippen LogP) is 3.77. The first-order chi connectivity index (χ1) is 14.7. The van der Waals surface area contributed by atoms with Crippen molar-refractivity contribution in [3.05, 3.63) is 59.9 Å². The van der Waals surface area contributed by atoms with E-state index in [0.29, 0.717) is 19.0 Å². The van der Waals surface area contributed by atoms with Gasteiger partial charge in [-0.15, -0.1) is 0 Å². The lowest BCUT2D eigenvalue weighted by Crippen LogP contribution is -2.61. The molecule has 0 radical (unpaired) electrons. The molecule has 162 valence electrons. The fraction of sp³-hybridized carbons (Fsp3) is 0.440. The molecule has 3 heterocycles. The van der Waals surface area contributed by atoms with Gasteiger partial charge < -0.3 is 20.0 Å². The lowest BCUT2D eigenvalue weighted by atomic mass is 10.00. The molecular weight excluding hydrogens is 388 g/mol. The van der Waals surface area contributed by atoms with Gasteiger partial charge in [-0.2, -0.15) is 0 Å². The molecule has 2 aromatic heterocycles. The first kappa shape index (κ1) is 20.2. The van der Waals surface area contributed by atoms with Crippen LogP contribution in [0.1, 0.15) is 50.7 Å². The third-order valence-corrected chi connectivity index (χ3v) is 6.52. The summed E-state index contributed by atoms with van der Waals surface area (Å²) < 4.78 is 0. The first-order valence-electron chi connectivity index (χ1n) is 11.1. The third kappa shape index (κ3) is 3.75. The summed E-state index contributed by atoms with van der Waals surface area (Å²) in [6.45, 7) is 7.24. The summed E-state index contributed by atoms with van der Waals surface area (Å²) in [5.41, 5.74) is 2.30. The Balaban J connectivity index is 1.44. The topological polar surface area (TPSA) is 72.7 Å². The second-order valence-corrected chi connectivity index (χ2v) is 9.60. The molecule has 2 N–H and O–H groups in total. The Kier molecular flexibility index (Phi) is 4.68. The van der Waals surface area contributed by atoms with Crippen molar-refractivity contribution in [3.8, 4) is 0 Å². The van der Waals surface area contributed by atoms with E-state index in [2.05, 4.69) is 28.1 Å². The van der Waals surface area contributed by atoms with Crippen molar-refractivity contribution in [2.75, 3.05) is 29.4 Å². The predicted molar refractivity (Wildman–Crippen MR) is 123 cm³/mol. The van der Waals surface area contributed by atoms with Crippen LogP contribution in [-0.4, -0.2) is 45.5 Å². The van der Waals surface area contributed by atoms with Crippen LogP contribution in [0, 0.1) is 0 Å². The minimum absolute atomic E-state index is 0.474. The van der Waals surface area contributed by atoms with E-state index in [-0.39, 0.29) is 0 Å². The average Bonchev–Trinajstić information content (AvgIpc) is 3.57. The van der Waals surface area contributed by atoms with Gasteiger partial charge in [-0.1, -0.05) is 24.3 Å². The molecule has 6 nitrogen and oxygen atoms in total. The number of rotatable bonds is 4. The number of hydrogen-bond acceptors (Lipinski definition) is 6. The second-order valence-electron chi connectivity index (χ2n) is 9.60. The van der Waals surface area contributed by atoms with E-state index in [9.17, 15) is 10.2 Å². The summed E-state index contributed by atoms with van der Waals surface area (Å²) in [6.07, 6.45) is 6.11. The van der Waals surface area contributed by atoms with Gasteiger partial charge in [-0.3, -0.25) is 4.98 Å². The Morgan fingerprint density at radius 3 is 2.45 bits per heavy atom. The molecule has 1 aliphatic carbocycles. The summed E-state index contributed by atoms with van der Waals surface area (Å²) in [4.78, 5) is 13.5. The zero-order chi connectivity index (χ0) is 21.8. The number of nitrogens with zero attached hydrogens (tertiary/aromatic N) is 4. The van der Waals surface area contributed by atoms with Crippen molar-refractivity contribution in [2.45, 2.75) is 50.9 Å². The minimum Gasteiger partial charge on any atom is -0.386 e. The Morgan fingerprint density at radius 1 is 1.03 bits per heavy atom. The van der Waals surface area contributed by atoms with Gasteiger partial charge in [0.25, 0.3) is 0 Å². The monoisotopic (exact) mass is 418 g/mol. The molecular formula is C25H30N4O2. The standard InChI is InChI=1S/C25H30N4O2/c1-24(2,30)18-10-11-22(27-14-18)29-13-12-28(16-25(29,3)31)21-15-26-20-7-5-4-6-19(20)23(21)17-8-9-17/h4-7,10-11,14-15,17,30-31H,8-9,12-13,16H2,1-3H3. The van der Waals surface area contributed by atoms with Gasteiger partial charge in [0.05, 0.1) is 29.5 Å². The van der Waals surface area contributed by atoms with Crippen LogP contribution in [0.2, 0.25) is 0 Å². The van der Waals surface area contributed by atoms with Crippen molar-refractivity contribution < 1.29 is 10.2 Å². The fourth-order valence-electron chi connectivity index (χ4n) is 4.67. The van der Waals surface area contributed by atoms with Crippen LogP contribution < -0.4 is 9.80 Å². The summed E-state index contributed by atoms with van der Waals surface area (Å²) in [5.74, 6) is 1.30. The Hall–Kier alpha value is -2.70. The molecule has 3 aromatic rings. The molecule has 6 heteroatoms. The number of aromatic nitrogens is 2. The molecule has 1 atom stereocenters. The van der Waals surface area contributed by atoms with Crippen LogP contribution in [0.5, 0.6) is 0 Å². The number of para-hydroxylation sites is 1. The summed E-state index contributed by atoms with van der Waals surface area (Å²) in [6, 6.07) is 12.1. The SMILES string of the molecule is CC(C)(O)c1ccc(N2CCN(c3cnc4ccccc4c3C3CC3)CC2(C)O)nc1. The molecule has 31 heavy (non-hydrogen) atoms. The highest BCUT2D eigenvalue weighted by molar-refractivity contribution is 5.88. The largest absolute Gasteiger partial charge is 0.386 e. The molecule has 1 saturated carbocycles. The first-order valence-corrected chi connectivity index (χ1v) is 11.1. The highest BCUT2D eigenvalue weighted by Gasteiger charge is 2.39. The lowest BCUT2D eigenvalue weighted by molar-refractivity contribution is 0.0524. The molecule has 2 aliphatic rings. The quantitative estimate of drug-likeness (QED) is 0.672. The van der Waals surface area contributed by atoms with Gasteiger partial charge in [-0.25, -0.2) is 4.98 Å². The van der Waals surface area contributed by atoms with Crippen LogP contribution in [0.3, 0.4) is 0 Å². The number of aliphatic hydroxyl groups is 2. The van der Waals surface area contributed by atoms with E-state index in [0.717, 1.165) is 29.1 Å². The maximum absolute atomic E-state index is 11.4. The molecule has 1 aliphatic heterocycles. The van der Waals surface area contributed by atoms with Gasteiger partial charge in [0.1, 0.15) is 5.82 Å². The fourth-order valence-corrected chi connectivity index (χ4v) is 4.67. The third-order valence-electron chi connectivity index (χ3n) is 6.52. The van der Waals surface area contributed by atoms with Crippen LogP contribution in [0.15, 0.2) is 48.8 Å². The molecule has 5 rings (SSSR count). The number of piperazine rings is 1. The average molecular weight is 419 g/mol. The van der Waals surface area contributed by atoms with Gasteiger partial charge in [0.15, 0.2) is 5.72 Å². The van der Waals surface area contributed by atoms with Crippen molar-refractivity contribution in [1.82, 2.24) is 9.97 Å². The maximum Gasteiger partial charge on any atom is 0.153 e. The minimum atomic E-state index is -1.08. The van der Waals surface area contributed by atoms with E-state index < -0.39 is 11.3 Å². The maximum atomic E-state index is 11.4. The smallest absolute Gasteiger partial charge is 0.153 e. The number of hydrogen-bond donors (Lipinski definition) is 2. The van der Waals surface area contributed by atoms with E-state index in [4.69, 9.17) is 4.98 Å². The van der Waals surface area contributed by atoms with Crippen LogP contribution in [0.25, 0.3) is 10.9 Å². The summed E-state index contributed by atoms with van der Waals surface area (Å²) >= 11 is 0. The Labute approximate surface area is 183 Å². The lowest BCUT2D eigenvalue weighted by Gasteiger charge is -2.47. The van der Waals surface area contributed by atoms with E-state index in [1.807, 2.05) is 36.2 Å². The molecule has 0 spiro atoms. The van der Waals surface area contributed by atoms with E-state index >= 15 is 0 Å². The van der Waals surface area contributed by atoms with Crippen molar-refractivity contribution in [3.63, 3.8) is 0 Å². The molecule has 1 saturated heterocycles. The number of fused-ring (bicyclic) bond motifs is 1. The molecule has 2 fully saturated rings. The van der Waals surface area contributed by atoms with Crippen molar-refractivity contribution >= 4 is 22.4 Å². The van der Waals surface area contributed by atoms with Crippen LogP contribution in [0.4, 0.5) is 11.5 Å². The summed E-state index contributed by atoms with van der Waals surface area (Å²) in [7, 11) is 0. The van der Waals surface area contributed by atoms with Crippen LogP contribution >= 0.6 is 0 Å². The second kappa shape index (κ2) is 7.18. The van der Waals surface area contributed by atoms with Gasteiger partial charge in [-0.05, 0) is 57.2 Å². The number of pyridine rings is 2. The van der Waals surface area contributed by atoms with Gasteiger partial charge >= 0.3 is 0 Å². The Bertz CT molecular complexity index is 1100. The van der Waals surface area contributed by atoms with Gasteiger partial charge in [0, 0.05) is 30.2 Å². The highest BCUT2D eigenvalue weighted by atomic mass is 16.3. The number of β-amino-alcohol motifs (C(OH)–C–C–N with tert-alkyl or cyclic N) is 1. The number of benzene rings is 1. The van der Waals surface area contributed by atoms with Crippen LogP contribution in [-0.2, 0) is 5.60 Å². The summed E-state index contributed by atoms with van der Waals surface area (Å²) in [5, 5.41) is 22.8.